The highest BCUT2D eigenvalue weighted by Gasteiger charge is 2.21. The maximum absolute atomic E-state index is 12.8. The van der Waals surface area contributed by atoms with Crippen molar-refractivity contribution >= 4 is 11.7 Å². The molecule has 1 aliphatic rings. The molecule has 0 saturated heterocycles. The first kappa shape index (κ1) is 21.9. The number of benzene rings is 1. The number of nitriles is 1. The summed E-state index contributed by atoms with van der Waals surface area (Å²) < 4.78 is 7.40. The predicted octanol–water partition coefficient (Wildman–Crippen LogP) is 4.79. The Labute approximate surface area is 189 Å². The summed E-state index contributed by atoms with van der Waals surface area (Å²) in [5, 5.41) is 16.0. The SMILES string of the molecule is Cc1c(C#N)c(NC(=O)CN[C@H](C)c2ccc3c(c2)CCCC3)n(Cc2ccco2)c1C. The minimum Gasteiger partial charge on any atom is -0.467 e. The lowest BCUT2D eigenvalue weighted by molar-refractivity contribution is -0.115. The molecule has 2 heterocycles. The van der Waals surface area contributed by atoms with Gasteiger partial charge in [0.2, 0.25) is 5.91 Å². The Bertz CT molecular complexity index is 1150. The summed E-state index contributed by atoms with van der Waals surface area (Å²) in [5.41, 5.74) is 6.38. The number of nitrogens with zero attached hydrogens (tertiary/aromatic N) is 2. The molecule has 32 heavy (non-hydrogen) atoms. The lowest BCUT2D eigenvalue weighted by Crippen LogP contribution is -2.31. The first-order chi connectivity index (χ1) is 15.5. The topological polar surface area (TPSA) is 83.0 Å². The molecule has 2 N–H and O–H groups in total. The molecule has 0 radical (unpaired) electrons. The van der Waals surface area contributed by atoms with Crippen LogP contribution < -0.4 is 10.6 Å². The molecule has 4 rings (SSSR count). The van der Waals surface area contributed by atoms with Crippen LogP contribution in [0.1, 0.15) is 65.1 Å². The van der Waals surface area contributed by atoms with Crippen molar-refractivity contribution in [1.82, 2.24) is 9.88 Å². The Balaban J connectivity index is 1.45. The second-order valence-electron chi connectivity index (χ2n) is 8.60. The van der Waals surface area contributed by atoms with E-state index in [0.29, 0.717) is 17.9 Å². The second-order valence-corrected chi connectivity index (χ2v) is 8.60. The minimum atomic E-state index is -0.176. The summed E-state index contributed by atoms with van der Waals surface area (Å²) in [6.45, 7) is 6.54. The van der Waals surface area contributed by atoms with Gasteiger partial charge in [-0.3, -0.25) is 4.79 Å². The average molecular weight is 431 g/mol. The average Bonchev–Trinajstić information content (AvgIpc) is 3.40. The number of hydrogen-bond donors (Lipinski definition) is 2. The molecule has 1 aliphatic carbocycles. The van der Waals surface area contributed by atoms with Crippen molar-refractivity contribution in [3.8, 4) is 6.07 Å². The molecule has 6 nitrogen and oxygen atoms in total. The third-order valence-electron chi connectivity index (χ3n) is 6.53. The summed E-state index contributed by atoms with van der Waals surface area (Å²) in [6.07, 6.45) is 6.44. The normalized spacial score (nSPS) is 13.9. The smallest absolute Gasteiger partial charge is 0.239 e. The quantitative estimate of drug-likeness (QED) is 0.565. The molecule has 2 aromatic heterocycles. The first-order valence-corrected chi connectivity index (χ1v) is 11.2. The highest BCUT2D eigenvalue weighted by molar-refractivity contribution is 5.93. The van der Waals surface area contributed by atoms with Crippen molar-refractivity contribution in [3.63, 3.8) is 0 Å². The zero-order chi connectivity index (χ0) is 22.7. The Morgan fingerprint density at radius 2 is 2.00 bits per heavy atom. The number of hydrogen-bond acceptors (Lipinski definition) is 4. The molecular weight excluding hydrogens is 400 g/mol. The fourth-order valence-electron chi connectivity index (χ4n) is 4.45. The van der Waals surface area contributed by atoms with Gasteiger partial charge in [0.15, 0.2) is 0 Å². The van der Waals surface area contributed by atoms with Crippen molar-refractivity contribution in [1.29, 1.82) is 5.26 Å². The molecule has 1 aromatic carbocycles. The summed E-state index contributed by atoms with van der Waals surface area (Å²) in [6, 6.07) is 12.7. The fraction of sp³-hybridized carbons (Fsp3) is 0.385. The van der Waals surface area contributed by atoms with Crippen molar-refractivity contribution in [3.05, 3.63) is 75.9 Å². The van der Waals surface area contributed by atoms with E-state index in [1.807, 2.05) is 30.5 Å². The van der Waals surface area contributed by atoms with E-state index in [0.717, 1.165) is 29.9 Å². The van der Waals surface area contributed by atoms with Gasteiger partial charge in [0.1, 0.15) is 17.6 Å². The Morgan fingerprint density at radius 3 is 2.72 bits per heavy atom. The van der Waals surface area contributed by atoms with E-state index in [-0.39, 0.29) is 18.5 Å². The highest BCUT2D eigenvalue weighted by atomic mass is 16.3. The van der Waals surface area contributed by atoms with Crippen LogP contribution in [0.3, 0.4) is 0 Å². The van der Waals surface area contributed by atoms with Crippen LogP contribution in [0.25, 0.3) is 0 Å². The number of aromatic nitrogens is 1. The maximum atomic E-state index is 12.8. The van der Waals surface area contributed by atoms with E-state index in [2.05, 4.69) is 41.8 Å². The molecule has 0 bridgehead atoms. The molecule has 166 valence electrons. The van der Waals surface area contributed by atoms with Crippen LogP contribution in [0.15, 0.2) is 41.0 Å². The molecule has 0 aliphatic heterocycles. The summed E-state index contributed by atoms with van der Waals surface area (Å²) in [4.78, 5) is 12.8. The van der Waals surface area contributed by atoms with Gasteiger partial charge in [0.05, 0.1) is 24.9 Å². The molecular formula is C26H30N4O2. The maximum Gasteiger partial charge on any atom is 0.239 e. The number of carbonyl (C=O) groups excluding carboxylic acids is 1. The van der Waals surface area contributed by atoms with Gasteiger partial charge in [-0.15, -0.1) is 0 Å². The van der Waals surface area contributed by atoms with Crippen LogP contribution in [0.2, 0.25) is 0 Å². The van der Waals surface area contributed by atoms with Crippen LogP contribution in [0.4, 0.5) is 5.82 Å². The van der Waals surface area contributed by atoms with Gasteiger partial charge in [0.25, 0.3) is 0 Å². The number of furan rings is 1. The van der Waals surface area contributed by atoms with E-state index < -0.39 is 0 Å². The van der Waals surface area contributed by atoms with E-state index in [1.54, 1.807) is 6.26 Å². The van der Waals surface area contributed by atoms with Gasteiger partial charge in [-0.1, -0.05) is 18.2 Å². The molecule has 0 unspecified atom stereocenters. The lowest BCUT2D eigenvalue weighted by atomic mass is 9.89. The number of fused-ring (bicyclic) bond motifs is 1. The first-order valence-electron chi connectivity index (χ1n) is 11.2. The largest absolute Gasteiger partial charge is 0.467 e. The summed E-state index contributed by atoms with van der Waals surface area (Å²) >= 11 is 0. The van der Waals surface area contributed by atoms with E-state index in [4.69, 9.17) is 4.42 Å². The Hall–Kier alpha value is -3.30. The summed E-state index contributed by atoms with van der Waals surface area (Å²) in [7, 11) is 0. The molecule has 1 amide bonds. The number of amides is 1. The zero-order valence-electron chi connectivity index (χ0n) is 19.0. The Kier molecular flexibility index (Phi) is 6.48. The number of rotatable bonds is 7. The van der Waals surface area contributed by atoms with Gasteiger partial charge in [-0.2, -0.15) is 5.26 Å². The number of nitrogens with one attached hydrogen (secondary N) is 2. The van der Waals surface area contributed by atoms with Crippen LogP contribution in [0, 0.1) is 25.2 Å². The molecule has 0 saturated carbocycles. The highest BCUT2D eigenvalue weighted by Crippen LogP contribution is 2.28. The van der Waals surface area contributed by atoms with Gasteiger partial charge in [-0.05, 0) is 80.8 Å². The predicted molar refractivity (Wildman–Crippen MR) is 125 cm³/mol. The van der Waals surface area contributed by atoms with Crippen LogP contribution in [-0.4, -0.2) is 17.0 Å². The minimum absolute atomic E-state index is 0.0572. The van der Waals surface area contributed by atoms with Crippen molar-refractivity contribution in [2.75, 3.05) is 11.9 Å². The van der Waals surface area contributed by atoms with E-state index >= 15 is 0 Å². The molecule has 0 spiro atoms. The number of aryl methyl sites for hydroxylation is 2. The molecule has 0 fully saturated rings. The van der Waals surface area contributed by atoms with Crippen LogP contribution in [-0.2, 0) is 24.2 Å². The fourth-order valence-corrected chi connectivity index (χ4v) is 4.45. The monoisotopic (exact) mass is 430 g/mol. The van der Waals surface area contributed by atoms with Crippen LogP contribution >= 0.6 is 0 Å². The van der Waals surface area contributed by atoms with Crippen molar-refractivity contribution in [2.24, 2.45) is 0 Å². The molecule has 6 heteroatoms. The summed E-state index contributed by atoms with van der Waals surface area (Å²) in [5.74, 6) is 1.11. The standard InChI is InChI=1S/C26H30N4O2/c1-17-19(3)30(16-23-9-6-12-32-23)26(24(17)14-27)29-25(31)15-28-18(2)21-11-10-20-7-4-5-8-22(20)13-21/h6,9-13,18,28H,4-5,7-8,15-16H2,1-3H3,(H,29,31)/t18-/m1/s1. The van der Waals surface area contributed by atoms with Gasteiger partial charge >= 0.3 is 0 Å². The van der Waals surface area contributed by atoms with Gasteiger partial charge in [0, 0.05) is 11.7 Å². The zero-order valence-corrected chi connectivity index (χ0v) is 19.0. The van der Waals surface area contributed by atoms with Crippen molar-refractivity contribution in [2.45, 2.75) is 59.0 Å². The second kappa shape index (κ2) is 9.46. The van der Waals surface area contributed by atoms with Crippen LogP contribution in [0.5, 0.6) is 0 Å². The number of carbonyl (C=O) groups is 1. The lowest BCUT2D eigenvalue weighted by Gasteiger charge is -2.20. The number of anilines is 1. The van der Waals surface area contributed by atoms with E-state index in [1.165, 1.54) is 29.5 Å². The third-order valence-corrected chi connectivity index (χ3v) is 6.53. The van der Waals surface area contributed by atoms with Gasteiger partial charge in [-0.25, -0.2) is 0 Å². The molecule has 1 atom stereocenters. The van der Waals surface area contributed by atoms with Crippen molar-refractivity contribution < 1.29 is 9.21 Å². The molecule has 3 aromatic rings. The Morgan fingerprint density at radius 1 is 1.22 bits per heavy atom. The van der Waals surface area contributed by atoms with E-state index in [9.17, 15) is 10.1 Å². The third kappa shape index (κ3) is 4.49. The van der Waals surface area contributed by atoms with Gasteiger partial charge < -0.3 is 19.6 Å².